The summed E-state index contributed by atoms with van der Waals surface area (Å²) in [6, 6.07) is 0.458. The van der Waals surface area contributed by atoms with E-state index in [0.717, 1.165) is 39.0 Å². The quantitative estimate of drug-likeness (QED) is 0.798. The summed E-state index contributed by atoms with van der Waals surface area (Å²) in [6.45, 7) is 13.1. The van der Waals surface area contributed by atoms with Crippen LogP contribution in [-0.2, 0) is 4.79 Å². The summed E-state index contributed by atoms with van der Waals surface area (Å²) in [5.41, 5.74) is 6.06. The van der Waals surface area contributed by atoms with Gasteiger partial charge in [0.15, 0.2) is 0 Å². The van der Waals surface area contributed by atoms with E-state index < -0.39 is 0 Å². The van der Waals surface area contributed by atoms with Gasteiger partial charge in [0.25, 0.3) is 0 Å². The molecule has 27 heavy (non-hydrogen) atoms. The van der Waals surface area contributed by atoms with E-state index in [4.69, 9.17) is 5.73 Å². The van der Waals surface area contributed by atoms with Crippen molar-refractivity contribution < 1.29 is 4.79 Å². The van der Waals surface area contributed by atoms with Crippen LogP contribution in [0.4, 0.5) is 10.3 Å². The average Bonchev–Trinajstić information content (AvgIpc) is 3.02. The van der Waals surface area contributed by atoms with Gasteiger partial charge in [-0.05, 0) is 50.9 Å². The highest BCUT2D eigenvalue weighted by Crippen LogP contribution is 2.40. The highest BCUT2D eigenvalue weighted by molar-refractivity contribution is 7.18. The number of carbonyl (C=O) groups excluding carboxylic acids is 1. The van der Waals surface area contributed by atoms with Gasteiger partial charge in [-0.25, -0.2) is 0 Å². The van der Waals surface area contributed by atoms with Crippen LogP contribution in [0.2, 0.25) is 0 Å². The average molecular weight is 395 g/mol. The van der Waals surface area contributed by atoms with E-state index in [0.29, 0.717) is 27.6 Å². The first-order chi connectivity index (χ1) is 12.7. The molecule has 0 unspecified atom stereocenters. The number of nitrogen functional groups attached to an aromatic ring is 1. The Bertz CT molecular complexity index is 628. The van der Waals surface area contributed by atoms with Crippen LogP contribution in [0.15, 0.2) is 0 Å². The smallest absolute Gasteiger partial charge is 0.243 e. The fourth-order valence-corrected chi connectivity index (χ4v) is 4.92. The number of anilines is 2. The Morgan fingerprint density at radius 2 is 1.74 bits per heavy atom. The van der Waals surface area contributed by atoms with E-state index in [1.165, 1.54) is 24.2 Å². The fourth-order valence-electron chi connectivity index (χ4n) is 4.41. The number of nitrogens with one attached hydrogen (secondary N) is 1. The Morgan fingerprint density at radius 1 is 1.15 bits per heavy atom. The second kappa shape index (κ2) is 8.41. The van der Waals surface area contributed by atoms with Gasteiger partial charge in [-0.15, -0.1) is 10.2 Å². The molecular weight excluding hydrogens is 360 g/mol. The van der Waals surface area contributed by atoms with Crippen LogP contribution in [0.3, 0.4) is 0 Å². The highest BCUT2D eigenvalue weighted by Gasteiger charge is 2.39. The zero-order valence-electron chi connectivity index (χ0n) is 17.1. The second-order valence-corrected chi connectivity index (χ2v) is 10.1. The fraction of sp³-hybridized carbons (Fsp3) is 0.842. The first kappa shape index (κ1) is 20.5. The van der Waals surface area contributed by atoms with Crippen LogP contribution < -0.4 is 11.1 Å². The molecule has 1 aromatic heterocycles. The van der Waals surface area contributed by atoms with Gasteiger partial charge in [-0.3, -0.25) is 19.9 Å². The molecule has 152 valence electrons. The molecule has 0 bridgehead atoms. The molecule has 3 rings (SSSR count). The topological polar surface area (TPSA) is 87.4 Å². The van der Waals surface area contributed by atoms with Crippen molar-refractivity contribution >= 4 is 27.5 Å². The third kappa shape index (κ3) is 5.18. The van der Waals surface area contributed by atoms with E-state index in [9.17, 15) is 4.79 Å². The number of piperazine rings is 1. The summed E-state index contributed by atoms with van der Waals surface area (Å²) in [4.78, 5) is 18.1. The summed E-state index contributed by atoms with van der Waals surface area (Å²) < 4.78 is 0. The lowest BCUT2D eigenvalue weighted by Gasteiger charge is -2.45. The molecule has 1 saturated carbocycles. The molecule has 3 N–H and O–H groups in total. The van der Waals surface area contributed by atoms with Gasteiger partial charge in [0, 0.05) is 32.2 Å². The van der Waals surface area contributed by atoms with Crippen molar-refractivity contribution in [3.05, 3.63) is 0 Å². The maximum atomic E-state index is 13.2. The molecule has 0 radical (unpaired) electrons. The van der Waals surface area contributed by atoms with Gasteiger partial charge in [0.2, 0.25) is 16.2 Å². The third-order valence-corrected chi connectivity index (χ3v) is 6.91. The molecule has 7 nitrogen and oxygen atoms in total. The molecule has 2 fully saturated rings. The molecule has 1 aliphatic carbocycles. The van der Waals surface area contributed by atoms with Gasteiger partial charge in [0.1, 0.15) is 0 Å². The SMILES string of the molecule is CC(C)N1CCN([C@@H](C(=O)Nc2nnc(N)s2)C2CCC(C)(C)CC2)CC1. The van der Waals surface area contributed by atoms with Crippen LogP contribution >= 0.6 is 11.3 Å². The lowest BCUT2D eigenvalue weighted by Crippen LogP contribution is -2.57. The number of hydrogen-bond donors (Lipinski definition) is 2. The van der Waals surface area contributed by atoms with Crippen LogP contribution in [0.1, 0.15) is 53.4 Å². The highest BCUT2D eigenvalue weighted by atomic mass is 32.1. The normalized spacial score (nSPS) is 23.4. The molecule has 2 heterocycles. The molecule has 1 amide bonds. The number of nitrogens with two attached hydrogens (primary N) is 1. The molecule has 0 spiro atoms. The van der Waals surface area contributed by atoms with Crippen molar-refractivity contribution in [2.24, 2.45) is 11.3 Å². The van der Waals surface area contributed by atoms with Gasteiger partial charge in [-0.2, -0.15) is 0 Å². The number of rotatable bonds is 5. The van der Waals surface area contributed by atoms with Crippen molar-refractivity contribution in [2.75, 3.05) is 37.2 Å². The standard InChI is InChI=1S/C19H34N6OS/c1-13(2)24-9-11-25(12-10-24)15(14-5-7-19(3,4)8-6-14)16(26)21-18-23-22-17(20)27-18/h13-15H,5-12H2,1-4H3,(H2,20,22)(H,21,23,26)/t15-/m1/s1. The summed E-state index contributed by atoms with van der Waals surface area (Å²) >= 11 is 1.23. The van der Waals surface area contributed by atoms with Crippen molar-refractivity contribution in [1.29, 1.82) is 0 Å². The first-order valence-electron chi connectivity index (χ1n) is 10.1. The minimum Gasteiger partial charge on any atom is -0.374 e. The zero-order chi connectivity index (χ0) is 19.6. The molecule has 0 aromatic carbocycles. The Morgan fingerprint density at radius 3 is 2.26 bits per heavy atom. The van der Waals surface area contributed by atoms with Crippen molar-refractivity contribution in [3.63, 3.8) is 0 Å². The minimum absolute atomic E-state index is 0.0499. The van der Waals surface area contributed by atoms with Gasteiger partial charge >= 0.3 is 0 Å². The molecule has 1 atom stereocenters. The number of nitrogens with zero attached hydrogens (tertiary/aromatic N) is 4. The maximum Gasteiger partial charge on any atom is 0.243 e. The van der Waals surface area contributed by atoms with Crippen LogP contribution in [0.25, 0.3) is 0 Å². The van der Waals surface area contributed by atoms with E-state index in [1.807, 2.05) is 0 Å². The lowest BCUT2D eigenvalue weighted by molar-refractivity contribution is -0.125. The van der Waals surface area contributed by atoms with E-state index >= 15 is 0 Å². The summed E-state index contributed by atoms with van der Waals surface area (Å²) in [5, 5.41) is 11.6. The number of carbonyl (C=O) groups is 1. The van der Waals surface area contributed by atoms with Gasteiger partial charge in [-0.1, -0.05) is 25.2 Å². The molecule has 1 saturated heterocycles. The Hall–Kier alpha value is -1.25. The van der Waals surface area contributed by atoms with Gasteiger partial charge in [0.05, 0.1) is 6.04 Å². The number of aromatic nitrogens is 2. The minimum atomic E-state index is -0.0967. The summed E-state index contributed by atoms with van der Waals surface area (Å²) in [7, 11) is 0. The predicted octanol–water partition coefficient (Wildman–Crippen LogP) is 2.67. The van der Waals surface area contributed by atoms with Crippen molar-refractivity contribution in [1.82, 2.24) is 20.0 Å². The number of amides is 1. The zero-order valence-corrected chi connectivity index (χ0v) is 17.9. The van der Waals surface area contributed by atoms with Crippen LogP contribution in [-0.4, -0.2) is 64.2 Å². The Kier molecular flexibility index (Phi) is 6.38. The molecular formula is C19H34N6OS. The van der Waals surface area contributed by atoms with E-state index in [2.05, 4.69) is 53.0 Å². The largest absolute Gasteiger partial charge is 0.374 e. The third-order valence-electron chi connectivity index (χ3n) is 6.24. The maximum absolute atomic E-state index is 13.2. The number of hydrogen-bond acceptors (Lipinski definition) is 7. The van der Waals surface area contributed by atoms with Crippen molar-refractivity contribution in [2.45, 2.75) is 65.5 Å². The lowest BCUT2D eigenvalue weighted by atomic mass is 9.70. The molecule has 8 heteroatoms. The monoisotopic (exact) mass is 394 g/mol. The predicted molar refractivity (Wildman–Crippen MR) is 111 cm³/mol. The molecule has 1 aromatic rings. The Balaban J connectivity index is 1.71. The second-order valence-electron chi connectivity index (χ2n) is 9.05. The molecule has 1 aliphatic heterocycles. The summed E-state index contributed by atoms with van der Waals surface area (Å²) in [6.07, 6.45) is 4.57. The summed E-state index contributed by atoms with van der Waals surface area (Å²) in [5.74, 6) is 0.447. The first-order valence-corrected chi connectivity index (χ1v) is 10.9. The van der Waals surface area contributed by atoms with E-state index in [-0.39, 0.29) is 11.9 Å². The molecule has 2 aliphatic rings. The van der Waals surface area contributed by atoms with Crippen LogP contribution in [0, 0.1) is 11.3 Å². The van der Waals surface area contributed by atoms with E-state index in [1.54, 1.807) is 0 Å². The Labute approximate surface area is 166 Å². The van der Waals surface area contributed by atoms with Crippen LogP contribution in [0.5, 0.6) is 0 Å². The van der Waals surface area contributed by atoms with Gasteiger partial charge < -0.3 is 5.73 Å². The van der Waals surface area contributed by atoms with Crippen molar-refractivity contribution in [3.8, 4) is 0 Å².